The highest BCUT2D eigenvalue weighted by atomic mass is 16.7. The second kappa shape index (κ2) is 8.83. The van der Waals surface area contributed by atoms with Crippen molar-refractivity contribution in [1.82, 2.24) is 15.0 Å². The maximum atomic E-state index is 12.5. The number of furan rings is 1. The second-order valence-corrected chi connectivity index (χ2v) is 7.50. The second-order valence-electron chi connectivity index (χ2n) is 7.50. The van der Waals surface area contributed by atoms with Crippen LogP contribution in [0.3, 0.4) is 0 Å². The zero-order chi connectivity index (χ0) is 21.0. The number of hydrogen-bond acceptors (Lipinski definition) is 8. The van der Waals surface area contributed by atoms with E-state index in [9.17, 15) is 4.79 Å². The molecule has 2 aliphatic heterocycles. The van der Waals surface area contributed by atoms with Gasteiger partial charge in [-0.05, 0) is 29.8 Å². The lowest BCUT2D eigenvalue weighted by molar-refractivity contribution is -0.138. The minimum absolute atomic E-state index is 0.0162. The number of carbonyl (C=O) groups is 1. The van der Waals surface area contributed by atoms with Gasteiger partial charge in [-0.2, -0.15) is 0 Å². The smallest absolute Gasteiger partial charge is 0.248 e. The monoisotopic (exact) mass is 425 g/mol. The summed E-state index contributed by atoms with van der Waals surface area (Å²) in [5.74, 6) is 2.72. The molecule has 162 valence electrons. The number of aromatic nitrogens is 1. The molecule has 1 amide bonds. The van der Waals surface area contributed by atoms with Crippen LogP contribution in [0.15, 0.2) is 51.6 Å². The van der Waals surface area contributed by atoms with Crippen molar-refractivity contribution in [1.29, 1.82) is 0 Å². The van der Waals surface area contributed by atoms with Crippen LogP contribution in [0.5, 0.6) is 11.5 Å². The van der Waals surface area contributed by atoms with E-state index in [-0.39, 0.29) is 25.9 Å². The summed E-state index contributed by atoms with van der Waals surface area (Å²) in [6, 6.07) is 11.3. The molecule has 1 saturated heterocycles. The summed E-state index contributed by atoms with van der Waals surface area (Å²) in [6.07, 6.45) is 1.57. The van der Waals surface area contributed by atoms with Crippen molar-refractivity contribution in [3.05, 3.63) is 53.9 Å². The molecule has 0 atom stereocenters. The Kier molecular flexibility index (Phi) is 5.59. The summed E-state index contributed by atoms with van der Waals surface area (Å²) in [6.45, 7) is 4.32. The highest BCUT2D eigenvalue weighted by molar-refractivity contribution is 5.77. The van der Waals surface area contributed by atoms with Crippen molar-refractivity contribution in [2.45, 2.75) is 13.2 Å². The molecule has 0 aliphatic carbocycles. The lowest BCUT2D eigenvalue weighted by Crippen LogP contribution is -2.49. The van der Waals surface area contributed by atoms with Crippen LogP contribution in [0.25, 0.3) is 11.5 Å². The SMILES string of the molecule is O=C(COCc1cc(-c2ccco2)on1)N1CCN(Cc2ccc3c(c2)OCO3)CC1. The number of amides is 1. The van der Waals surface area contributed by atoms with Gasteiger partial charge < -0.3 is 28.1 Å². The summed E-state index contributed by atoms with van der Waals surface area (Å²) in [5.41, 5.74) is 1.79. The molecule has 0 radical (unpaired) electrons. The van der Waals surface area contributed by atoms with Crippen LogP contribution in [0.1, 0.15) is 11.3 Å². The molecule has 1 fully saturated rings. The molecule has 3 aromatic rings. The first kappa shape index (κ1) is 19.7. The minimum atomic E-state index is -0.0162. The van der Waals surface area contributed by atoms with E-state index >= 15 is 0 Å². The van der Waals surface area contributed by atoms with Crippen LogP contribution < -0.4 is 9.47 Å². The van der Waals surface area contributed by atoms with Gasteiger partial charge in [0, 0.05) is 38.8 Å². The standard InChI is InChI=1S/C22H23N3O6/c26-22(14-27-13-17-11-21(31-23-17)18-2-1-9-28-18)25-7-5-24(6-8-25)12-16-3-4-19-20(10-16)30-15-29-19/h1-4,9-11H,5-8,12-15H2. The van der Waals surface area contributed by atoms with Crippen molar-refractivity contribution in [2.75, 3.05) is 39.6 Å². The average Bonchev–Trinajstić information content (AvgIpc) is 3.55. The number of fused-ring (bicyclic) bond motifs is 1. The van der Waals surface area contributed by atoms with Crippen LogP contribution in [0, 0.1) is 0 Å². The van der Waals surface area contributed by atoms with Crippen molar-refractivity contribution in [3.8, 4) is 23.0 Å². The highest BCUT2D eigenvalue weighted by Gasteiger charge is 2.22. The maximum absolute atomic E-state index is 12.5. The van der Waals surface area contributed by atoms with Crippen LogP contribution >= 0.6 is 0 Å². The average molecular weight is 425 g/mol. The lowest BCUT2D eigenvalue weighted by Gasteiger charge is -2.34. The van der Waals surface area contributed by atoms with Crippen molar-refractivity contribution < 1.29 is 27.9 Å². The lowest BCUT2D eigenvalue weighted by atomic mass is 10.1. The largest absolute Gasteiger partial charge is 0.461 e. The van der Waals surface area contributed by atoms with Gasteiger partial charge in [-0.15, -0.1) is 0 Å². The number of benzene rings is 1. The Labute approximate surface area is 179 Å². The fourth-order valence-electron chi connectivity index (χ4n) is 3.70. The molecule has 0 spiro atoms. The fourth-order valence-corrected chi connectivity index (χ4v) is 3.70. The fraction of sp³-hybridized carbons (Fsp3) is 0.364. The zero-order valence-electron chi connectivity index (χ0n) is 17.0. The van der Waals surface area contributed by atoms with Gasteiger partial charge in [-0.3, -0.25) is 9.69 Å². The minimum Gasteiger partial charge on any atom is -0.461 e. The summed E-state index contributed by atoms with van der Waals surface area (Å²) in [4.78, 5) is 16.6. The van der Waals surface area contributed by atoms with E-state index in [2.05, 4.69) is 16.1 Å². The zero-order valence-corrected chi connectivity index (χ0v) is 17.0. The van der Waals surface area contributed by atoms with Crippen LogP contribution in [0.4, 0.5) is 0 Å². The molecule has 0 unspecified atom stereocenters. The summed E-state index contributed by atoms with van der Waals surface area (Å²) in [7, 11) is 0. The maximum Gasteiger partial charge on any atom is 0.248 e. The van der Waals surface area contributed by atoms with Gasteiger partial charge in [0.25, 0.3) is 0 Å². The van der Waals surface area contributed by atoms with Crippen LogP contribution in [-0.4, -0.2) is 60.4 Å². The quantitative estimate of drug-likeness (QED) is 0.570. The Balaban J connectivity index is 1.04. The Hall–Kier alpha value is -3.30. The Bertz CT molecular complexity index is 1020. The molecule has 2 aliphatic rings. The number of piperazine rings is 1. The molecule has 4 heterocycles. The van der Waals surface area contributed by atoms with Gasteiger partial charge in [0.15, 0.2) is 17.3 Å². The predicted octanol–water partition coefficient (Wildman–Crippen LogP) is 2.52. The van der Waals surface area contributed by atoms with E-state index in [1.807, 2.05) is 17.0 Å². The number of hydrogen-bond donors (Lipinski definition) is 0. The Morgan fingerprint density at radius 1 is 1.03 bits per heavy atom. The molecule has 1 aromatic carbocycles. The normalized spacial score (nSPS) is 16.1. The van der Waals surface area contributed by atoms with Crippen LogP contribution in [0.2, 0.25) is 0 Å². The van der Waals surface area contributed by atoms with Gasteiger partial charge in [-0.1, -0.05) is 11.2 Å². The molecule has 9 nitrogen and oxygen atoms in total. The molecular weight excluding hydrogens is 402 g/mol. The van der Waals surface area contributed by atoms with Gasteiger partial charge in [0.2, 0.25) is 18.5 Å². The van der Waals surface area contributed by atoms with Crippen molar-refractivity contribution in [2.24, 2.45) is 0 Å². The molecule has 31 heavy (non-hydrogen) atoms. The number of rotatable bonds is 7. The number of carbonyl (C=O) groups excluding carboxylic acids is 1. The molecule has 2 aromatic heterocycles. The van der Waals surface area contributed by atoms with Gasteiger partial charge in [-0.25, -0.2) is 0 Å². The highest BCUT2D eigenvalue weighted by Crippen LogP contribution is 2.32. The Morgan fingerprint density at radius 3 is 2.74 bits per heavy atom. The summed E-state index contributed by atoms with van der Waals surface area (Å²) >= 11 is 0. The summed E-state index contributed by atoms with van der Waals surface area (Å²) < 4.78 is 26.8. The first-order valence-corrected chi connectivity index (χ1v) is 10.2. The molecule has 0 saturated carbocycles. The molecule has 9 heteroatoms. The van der Waals surface area contributed by atoms with Gasteiger partial charge >= 0.3 is 0 Å². The number of ether oxygens (including phenoxy) is 3. The van der Waals surface area contributed by atoms with E-state index in [0.717, 1.165) is 31.1 Å². The van der Waals surface area contributed by atoms with E-state index in [1.165, 1.54) is 5.56 Å². The summed E-state index contributed by atoms with van der Waals surface area (Å²) in [5, 5.41) is 3.94. The molecule has 5 rings (SSSR count). The van der Waals surface area contributed by atoms with E-state index < -0.39 is 0 Å². The molecule has 0 bridgehead atoms. The molecule has 0 N–H and O–H groups in total. The van der Waals surface area contributed by atoms with E-state index in [1.54, 1.807) is 24.5 Å². The molecular formula is C22H23N3O6. The van der Waals surface area contributed by atoms with Crippen molar-refractivity contribution in [3.63, 3.8) is 0 Å². The topological polar surface area (TPSA) is 90.4 Å². The predicted molar refractivity (Wildman–Crippen MR) is 108 cm³/mol. The third kappa shape index (κ3) is 4.57. The van der Waals surface area contributed by atoms with E-state index in [0.29, 0.717) is 30.3 Å². The number of nitrogens with zero attached hydrogens (tertiary/aromatic N) is 3. The third-order valence-electron chi connectivity index (χ3n) is 5.37. The first-order chi connectivity index (χ1) is 15.2. The van der Waals surface area contributed by atoms with Gasteiger partial charge in [0.05, 0.1) is 12.9 Å². The van der Waals surface area contributed by atoms with E-state index in [4.69, 9.17) is 23.2 Å². The third-order valence-corrected chi connectivity index (χ3v) is 5.37. The van der Waals surface area contributed by atoms with Gasteiger partial charge in [0.1, 0.15) is 12.3 Å². The van der Waals surface area contributed by atoms with Crippen molar-refractivity contribution >= 4 is 5.91 Å². The first-order valence-electron chi connectivity index (χ1n) is 10.2. The Morgan fingerprint density at radius 2 is 1.90 bits per heavy atom. The van der Waals surface area contributed by atoms with Crippen LogP contribution in [-0.2, 0) is 22.7 Å².